The van der Waals surface area contributed by atoms with Crippen LogP contribution in [0.15, 0.2) is 0 Å². The van der Waals surface area contributed by atoms with Gasteiger partial charge in [-0.2, -0.15) is 0 Å². The van der Waals surface area contributed by atoms with Crippen molar-refractivity contribution in [2.45, 2.75) is 31.6 Å². The second-order valence-corrected chi connectivity index (χ2v) is 2.58. The lowest BCUT2D eigenvalue weighted by Gasteiger charge is -2.01. The molecule has 0 aromatic carbocycles. The molecule has 1 atom stereocenters. The Morgan fingerprint density at radius 2 is 2.33 bits per heavy atom. The van der Waals surface area contributed by atoms with Gasteiger partial charge in [-0.05, 0) is 12.8 Å². The van der Waals surface area contributed by atoms with E-state index in [4.69, 9.17) is 17.3 Å². The fourth-order valence-corrected chi connectivity index (χ4v) is 0.601. The fourth-order valence-electron chi connectivity index (χ4n) is 0.492. The highest BCUT2D eigenvalue weighted by Crippen LogP contribution is 2.08. The summed E-state index contributed by atoms with van der Waals surface area (Å²) in [7, 11) is 0. The van der Waals surface area contributed by atoms with Crippen LogP contribution in [-0.4, -0.2) is 11.3 Å². The summed E-state index contributed by atoms with van der Waals surface area (Å²) in [6.45, 7) is 1.96. The second-order valence-electron chi connectivity index (χ2n) is 1.97. The number of alkyl halides is 1. The summed E-state index contributed by atoms with van der Waals surface area (Å²) < 4.78 is 0. The molecule has 0 saturated heterocycles. The third-order valence-electron chi connectivity index (χ3n) is 1.13. The highest BCUT2D eigenvalue weighted by atomic mass is 35.5. The minimum Gasteiger partial charge on any atom is -0.273 e. The van der Waals surface area contributed by atoms with Crippen LogP contribution in [-0.2, 0) is 4.79 Å². The second kappa shape index (κ2) is 4.62. The van der Waals surface area contributed by atoms with E-state index in [1.807, 2.05) is 6.92 Å². The number of amides is 1. The van der Waals surface area contributed by atoms with E-state index in [1.165, 1.54) is 0 Å². The average Bonchev–Trinajstić information content (AvgIpc) is 1.83. The number of halogens is 1. The molecular formula is C6H11ClNO. The number of rotatable bonds is 4. The van der Waals surface area contributed by atoms with Gasteiger partial charge in [0.15, 0.2) is 0 Å². The summed E-state index contributed by atoms with van der Waals surface area (Å²) in [6.07, 6.45) is 1.80. The molecule has 0 aromatic rings. The van der Waals surface area contributed by atoms with Crippen molar-refractivity contribution < 1.29 is 4.79 Å². The first-order chi connectivity index (χ1) is 4.16. The molecule has 0 aliphatic carbocycles. The summed E-state index contributed by atoms with van der Waals surface area (Å²) in [5.74, 6) is -0.519. The molecule has 53 valence electrons. The van der Waals surface area contributed by atoms with Crippen molar-refractivity contribution in [2.75, 3.05) is 0 Å². The number of carbonyl (C=O) groups excluding carboxylic acids is 1. The molecule has 0 fully saturated rings. The molecule has 9 heavy (non-hydrogen) atoms. The summed E-state index contributed by atoms with van der Waals surface area (Å²) >= 11 is 5.67. The van der Waals surface area contributed by atoms with Gasteiger partial charge in [0.2, 0.25) is 5.91 Å². The third-order valence-corrected chi connectivity index (χ3v) is 1.65. The molecule has 1 N–H and O–H groups in total. The van der Waals surface area contributed by atoms with Crippen LogP contribution in [0.2, 0.25) is 0 Å². The SMILES string of the molecule is CCC(Cl)CCC([NH])=O. The zero-order valence-electron chi connectivity index (χ0n) is 5.48. The van der Waals surface area contributed by atoms with Crippen LogP contribution in [0.4, 0.5) is 0 Å². The van der Waals surface area contributed by atoms with Crippen molar-refractivity contribution in [3.05, 3.63) is 0 Å². The van der Waals surface area contributed by atoms with Crippen LogP contribution in [0.3, 0.4) is 0 Å². The van der Waals surface area contributed by atoms with Gasteiger partial charge in [0, 0.05) is 11.8 Å². The Kier molecular flexibility index (Phi) is 4.50. The molecule has 0 saturated carbocycles. The van der Waals surface area contributed by atoms with E-state index >= 15 is 0 Å². The Labute approximate surface area is 60.4 Å². The van der Waals surface area contributed by atoms with Crippen LogP contribution in [0.25, 0.3) is 0 Å². The fraction of sp³-hybridized carbons (Fsp3) is 0.833. The largest absolute Gasteiger partial charge is 0.273 e. The first-order valence-corrected chi connectivity index (χ1v) is 3.49. The van der Waals surface area contributed by atoms with E-state index in [-0.39, 0.29) is 5.38 Å². The van der Waals surface area contributed by atoms with Crippen molar-refractivity contribution in [1.82, 2.24) is 5.73 Å². The Bertz CT molecular complexity index is 95.1. The van der Waals surface area contributed by atoms with E-state index in [0.717, 1.165) is 6.42 Å². The molecule has 0 heterocycles. The zero-order chi connectivity index (χ0) is 7.28. The van der Waals surface area contributed by atoms with Gasteiger partial charge in [0.1, 0.15) is 0 Å². The molecule has 1 amide bonds. The van der Waals surface area contributed by atoms with Crippen molar-refractivity contribution in [2.24, 2.45) is 0 Å². The van der Waals surface area contributed by atoms with Crippen molar-refractivity contribution >= 4 is 17.5 Å². The molecule has 0 aromatic heterocycles. The first-order valence-electron chi connectivity index (χ1n) is 3.05. The van der Waals surface area contributed by atoms with Crippen molar-refractivity contribution in [1.29, 1.82) is 0 Å². The zero-order valence-corrected chi connectivity index (χ0v) is 6.24. The van der Waals surface area contributed by atoms with E-state index in [2.05, 4.69) is 0 Å². The summed E-state index contributed by atoms with van der Waals surface area (Å²) in [5, 5.41) is 0.0688. The van der Waals surface area contributed by atoms with Gasteiger partial charge in [0.05, 0.1) is 0 Å². The molecule has 0 aliphatic heterocycles. The predicted octanol–water partition coefficient (Wildman–Crippen LogP) is 1.59. The Morgan fingerprint density at radius 3 is 2.67 bits per heavy atom. The van der Waals surface area contributed by atoms with Gasteiger partial charge >= 0.3 is 0 Å². The maximum Gasteiger partial charge on any atom is 0.238 e. The van der Waals surface area contributed by atoms with Crippen LogP contribution in [0, 0.1) is 0 Å². The standard InChI is InChI=1S/C6H11ClNO/c1-2-5(7)3-4-6(8)9/h5,8H,2-4H2,1H3. The number of nitrogens with one attached hydrogen (secondary N) is 1. The number of hydrogen-bond acceptors (Lipinski definition) is 1. The molecule has 0 aliphatic rings. The summed E-state index contributed by atoms with van der Waals surface area (Å²) in [4.78, 5) is 10.1. The third kappa shape index (κ3) is 5.63. The van der Waals surface area contributed by atoms with E-state index in [1.54, 1.807) is 0 Å². The Hall–Kier alpha value is -0.240. The first kappa shape index (κ1) is 8.76. The smallest absolute Gasteiger partial charge is 0.238 e. The normalized spacial score (nSPS) is 13.1. The van der Waals surface area contributed by atoms with E-state index < -0.39 is 5.91 Å². The van der Waals surface area contributed by atoms with Gasteiger partial charge in [-0.15, -0.1) is 11.6 Å². The van der Waals surface area contributed by atoms with Crippen LogP contribution in [0.1, 0.15) is 26.2 Å². The molecule has 1 unspecified atom stereocenters. The summed E-state index contributed by atoms with van der Waals surface area (Å²) in [6, 6.07) is 0. The topological polar surface area (TPSA) is 40.9 Å². The monoisotopic (exact) mass is 148 g/mol. The number of hydrogen-bond donors (Lipinski definition) is 0. The Morgan fingerprint density at radius 1 is 1.78 bits per heavy atom. The lowest BCUT2D eigenvalue weighted by Crippen LogP contribution is -2.03. The van der Waals surface area contributed by atoms with Crippen LogP contribution >= 0.6 is 11.6 Å². The highest BCUT2D eigenvalue weighted by molar-refractivity contribution is 6.20. The summed E-state index contributed by atoms with van der Waals surface area (Å²) in [5.41, 5.74) is 6.55. The van der Waals surface area contributed by atoms with Gasteiger partial charge in [-0.25, -0.2) is 0 Å². The Balaban J connectivity index is 3.16. The van der Waals surface area contributed by atoms with Gasteiger partial charge in [-0.1, -0.05) is 6.92 Å². The van der Waals surface area contributed by atoms with Crippen LogP contribution < -0.4 is 5.73 Å². The lowest BCUT2D eigenvalue weighted by molar-refractivity contribution is -0.118. The maximum absolute atomic E-state index is 10.1. The molecule has 0 spiro atoms. The van der Waals surface area contributed by atoms with Gasteiger partial charge in [0.25, 0.3) is 0 Å². The van der Waals surface area contributed by atoms with Crippen molar-refractivity contribution in [3.63, 3.8) is 0 Å². The maximum atomic E-state index is 10.1. The highest BCUT2D eigenvalue weighted by Gasteiger charge is 2.02. The quantitative estimate of drug-likeness (QED) is 0.559. The molecular weight excluding hydrogens is 138 g/mol. The molecule has 0 rings (SSSR count). The molecule has 1 radical (unpaired) electrons. The molecule has 0 bridgehead atoms. The predicted molar refractivity (Wildman–Crippen MR) is 37.3 cm³/mol. The minimum absolute atomic E-state index is 0.0688. The average molecular weight is 149 g/mol. The van der Waals surface area contributed by atoms with Crippen molar-refractivity contribution in [3.8, 4) is 0 Å². The van der Waals surface area contributed by atoms with Crippen LogP contribution in [0.5, 0.6) is 0 Å². The van der Waals surface area contributed by atoms with E-state index in [9.17, 15) is 4.79 Å². The lowest BCUT2D eigenvalue weighted by atomic mass is 10.2. The number of carbonyl (C=O) groups is 1. The minimum atomic E-state index is -0.519. The van der Waals surface area contributed by atoms with Gasteiger partial charge < -0.3 is 0 Å². The molecule has 3 heteroatoms. The van der Waals surface area contributed by atoms with E-state index in [0.29, 0.717) is 12.8 Å². The molecule has 2 nitrogen and oxygen atoms in total. The van der Waals surface area contributed by atoms with Gasteiger partial charge in [-0.3, -0.25) is 10.5 Å².